The molecule has 3 unspecified atom stereocenters. The Morgan fingerprint density at radius 2 is 1.73 bits per heavy atom. The lowest BCUT2D eigenvalue weighted by Crippen LogP contribution is -2.46. The second-order valence-corrected chi connectivity index (χ2v) is 6.78. The third kappa shape index (κ3) is 3.39. The third-order valence-corrected chi connectivity index (χ3v) is 5.18. The summed E-state index contributed by atoms with van der Waals surface area (Å²) in [6.07, 6.45) is 7.06. The predicted molar refractivity (Wildman–Crippen MR) is 69.4 cm³/mol. The highest BCUT2D eigenvalue weighted by Crippen LogP contribution is 2.29. The van der Waals surface area contributed by atoms with Crippen LogP contribution in [-0.4, -0.2) is 23.6 Å². The fraction of sp³-hybridized carbons (Fsp3) is 1.00. The van der Waals surface area contributed by atoms with Gasteiger partial charge in [0.05, 0.1) is 0 Å². The molecule has 2 aliphatic rings. The molecule has 0 spiro atoms. The number of rotatable bonds is 2. The van der Waals surface area contributed by atoms with E-state index in [-0.39, 0.29) is 0 Å². The SMILES string of the molecule is CC1CCC(C)C(NC2CCSCC2)C1. The zero-order valence-corrected chi connectivity index (χ0v) is 11.0. The minimum absolute atomic E-state index is 0.807. The van der Waals surface area contributed by atoms with Crippen molar-refractivity contribution in [3.8, 4) is 0 Å². The maximum Gasteiger partial charge on any atom is 0.00978 e. The topological polar surface area (TPSA) is 12.0 Å². The van der Waals surface area contributed by atoms with Crippen LogP contribution in [-0.2, 0) is 0 Å². The molecule has 0 radical (unpaired) electrons. The summed E-state index contributed by atoms with van der Waals surface area (Å²) in [6.45, 7) is 4.85. The van der Waals surface area contributed by atoms with Crippen molar-refractivity contribution in [1.82, 2.24) is 5.32 Å². The van der Waals surface area contributed by atoms with Crippen LogP contribution in [0.25, 0.3) is 0 Å². The van der Waals surface area contributed by atoms with Crippen molar-refractivity contribution in [1.29, 1.82) is 0 Å². The Morgan fingerprint density at radius 1 is 1.00 bits per heavy atom. The fourth-order valence-electron chi connectivity index (χ4n) is 2.93. The van der Waals surface area contributed by atoms with Crippen molar-refractivity contribution < 1.29 is 0 Å². The maximum atomic E-state index is 3.92. The van der Waals surface area contributed by atoms with Gasteiger partial charge in [-0.15, -0.1) is 0 Å². The molecular weight excluding hydrogens is 202 g/mol. The van der Waals surface area contributed by atoms with Crippen LogP contribution >= 0.6 is 11.8 Å². The molecule has 1 aliphatic heterocycles. The molecule has 1 saturated carbocycles. The van der Waals surface area contributed by atoms with Crippen molar-refractivity contribution in [2.75, 3.05) is 11.5 Å². The third-order valence-electron chi connectivity index (χ3n) is 4.13. The number of nitrogens with one attached hydrogen (secondary N) is 1. The average Bonchev–Trinajstić information content (AvgIpc) is 2.25. The van der Waals surface area contributed by atoms with Crippen molar-refractivity contribution in [3.05, 3.63) is 0 Å². The highest BCUT2D eigenvalue weighted by atomic mass is 32.2. The van der Waals surface area contributed by atoms with Crippen LogP contribution in [0, 0.1) is 11.8 Å². The van der Waals surface area contributed by atoms with E-state index in [1.54, 1.807) is 0 Å². The summed E-state index contributed by atoms with van der Waals surface area (Å²) in [6, 6.07) is 1.63. The lowest BCUT2D eigenvalue weighted by atomic mass is 9.79. The van der Waals surface area contributed by atoms with E-state index in [9.17, 15) is 0 Å². The largest absolute Gasteiger partial charge is 0.311 e. The standard InChI is InChI=1S/C13H25NS/c1-10-3-4-11(2)13(9-10)14-12-5-7-15-8-6-12/h10-14H,3-9H2,1-2H3. The van der Waals surface area contributed by atoms with Gasteiger partial charge in [-0.05, 0) is 49.0 Å². The second-order valence-electron chi connectivity index (χ2n) is 5.56. The quantitative estimate of drug-likeness (QED) is 0.777. The Labute approximate surface area is 98.8 Å². The first-order valence-electron chi connectivity index (χ1n) is 6.59. The molecule has 0 aromatic carbocycles. The fourth-order valence-corrected chi connectivity index (χ4v) is 4.04. The molecule has 1 N–H and O–H groups in total. The molecule has 15 heavy (non-hydrogen) atoms. The van der Waals surface area contributed by atoms with Crippen LogP contribution < -0.4 is 5.32 Å². The normalized spacial score (nSPS) is 39.2. The molecule has 1 heterocycles. The molecule has 1 nitrogen and oxygen atoms in total. The average molecular weight is 227 g/mol. The van der Waals surface area contributed by atoms with Crippen LogP contribution in [0.5, 0.6) is 0 Å². The number of hydrogen-bond donors (Lipinski definition) is 1. The van der Waals surface area contributed by atoms with Gasteiger partial charge in [-0.1, -0.05) is 20.3 Å². The zero-order chi connectivity index (χ0) is 10.7. The van der Waals surface area contributed by atoms with E-state index >= 15 is 0 Å². The predicted octanol–water partition coefficient (Wildman–Crippen LogP) is 3.30. The first-order chi connectivity index (χ1) is 7.25. The van der Waals surface area contributed by atoms with E-state index < -0.39 is 0 Å². The first kappa shape index (κ1) is 11.8. The van der Waals surface area contributed by atoms with Gasteiger partial charge in [-0.3, -0.25) is 0 Å². The van der Waals surface area contributed by atoms with E-state index in [1.807, 2.05) is 0 Å². The van der Waals surface area contributed by atoms with Gasteiger partial charge in [0.2, 0.25) is 0 Å². The molecule has 2 rings (SSSR count). The van der Waals surface area contributed by atoms with Crippen molar-refractivity contribution in [2.45, 2.75) is 58.0 Å². The lowest BCUT2D eigenvalue weighted by Gasteiger charge is -2.37. The van der Waals surface area contributed by atoms with Crippen molar-refractivity contribution in [3.63, 3.8) is 0 Å². The molecule has 1 saturated heterocycles. The molecule has 2 fully saturated rings. The van der Waals surface area contributed by atoms with Crippen LogP contribution in [0.1, 0.15) is 46.0 Å². The molecule has 0 amide bonds. The Kier molecular flexibility index (Phi) is 4.39. The lowest BCUT2D eigenvalue weighted by molar-refractivity contribution is 0.209. The van der Waals surface area contributed by atoms with Gasteiger partial charge < -0.3 is 5.32 Å². The van der Waals surface area contributed by atoms with Crippen LogP contribution in [0.3, 0.4) is 0 Å². The first-order valence-corrected chi connectivity index (χ1v) is 7.75. The molecular formula is C13H25NS. The van der Waals surface area contributed by atoms with Crippen LogP contribution in [0.4, 0.5) is 0 Å². The molecule has 88 valence electrons. The summed E-state index contributed by atoms with van der Waals surface area (Å²) >= 11 is 2.12. The Balaban J connectivity index is 1.80. The van der Waals surface area contributed by atoms with Gasteiger partial charge in [0, 0.05) is 12.1 Å². The van der Waals surface area contributed by atoms with Crippen molar-refractivity contribution >= 4 is 11.8 Å². The summed E-state index contributed by atoms with van der Waals surface area (Å²) in [5.41, 5.74) is 0. The molecule has 0 aromatic heterocycles. The zero-order valence-electron chi connectivity index (χ0n) is 10.2. The molecule has 1 aliphatic carbocycles. The van der Waals surface area contributed by atoms with Crippen LogP contribution in [0.15, 0.2) is 0 Å². The van der Waals surface area contributed by atoms with Gasteiger partial charge in [0.15, 0.2) is 0 Å². The van der Waals surface area contributed by atoms with Gasteiger partial charge in [0.25, 0.3) is 0 Å². The Morgan fingerprint density at radius 3 is 2.47 bits per heavy atom. The highest BCUT2D eigenvalue weighted by Gasteiger charge is 2.27. The number of thioether (sulfide) groups is 1. The van der Waals surface area contributed by atoms with E-state index in [4.69, 9.17) is 0 Å². The van der Waals surface area contributed by atoms with E-state index in [0.29, 0.717) is 0 Å². The van der Waals surface area contributed by atoms with Gasteiger partial charge in [-0.25, -0.2) is 0 Å². The van der Waals surface area contributed by atoms with E-state index in [0.717, 1.165) is 23.9 Å². The monoisotopic (exact) mass is 227 g/mol. The second kappa shape index (κ2) is 5.58. The van der Waals surface area contributed by atoms with E-state index in [2.05, 4.69) is 30.9 Å². The molecule has 3 atom stereocenters. The smallest absolute Gasteiger partial charge is 0.00978 e. The van der Waals surface area contributed by atoms with Gasteiger partial charge in [-0.2, -0.15) is 11.8 Å². The number of hydrogen-bond acceptors (Lipinski definition) is 2. The van der Waals surface area contributed by atoms with Gasteiger partial charge >= 0.3 is 0 Å². The van der Waals surface area contributed by atoms with Crippen LogP contribution in [0.2, 0.25) is 0 Å². The summed E-state index contributed by atoms with van der Waals surface area (Å²) in [5, 5.41) is 3.92. The molecule has 2 heteroatoms. The Bertz CT molecular complexity index is 189. The summed E-state index contributed by atoms with van der Waals surface area (Å²) < 4.78 is 0. The molecule has 0 bridgehead atoms. The summed E-state index contributed by atoms with van der Waals surface area (Å²) in [7, 11) is 0. The molecule has 0 aromatic rings. The maximum absolute atomic E-state index is 3.92. The Hall–Kier alpha value is 0.310. The van der Waals surface area contributed by atoms with Crippen molar-refractivity contribution in [2.24, 2.45) is 11.8 Å². The minimum Gasteiger partial charge on any atom is -0.311 e. The minimum atomic E-state index is 0.807. The van der Waals surface area contributed by atoms with Gasteiger partial charge in [0.1, 0.15) is 0 Å². The highest BCUT2D eigenvalue weighted by molar-refractivity contribution is 7.99. The van der Waals surface area contributed by atoms with E-state index in [1.165, 1.54) is 43.6 Å². The summed E-state index contributed by atoms with van der Waals surface area (Å²) in [4.78, 5) is 0. The summed E-state index contributed by atoms with van der Waals surface area (Å²) in [5.74, 6) is 4.58.